The number of hydrogen-bond acceptors (Lipinski definition) is 10. The Balaban J connectivity index is 1.28. The molecule has 0 aliphatic heterocycles. The van der Waals surface area contributed by atoms with Crippen LogP contribution in [0.3, 0.4) is 0 Å². The molecule has 0 radical (unpaired) electrons. The van der Waals surface area contributed by atoms with Crippen LogP contribution in [0.15, 0.2) is 170 Å². The van der Waals surface area contributed by atoms with Gasteiger partial charge in [0.05, 0.1) is 13.2 Å². The second-order valence-corrected chi connectivity index (χ2v) is 15.4. The molecule has 2 amide bonds. The van der Waals surface area contributed by atoms with E-state index in [1.165, 1.54) is 13.0 Å². The summed E-state index contributed by atoms with van der Waals surface area (Å²) in [5.41, 5.74) is 4.92. The molecule has 0 aliphatic rings. The lowest BCUT2D eigenvalue weighted by atomic mass is 9.93. The van der Waals surface area contributed by atoms with Gasteiger partial charge in [0.15, 0.2) is 11.5 Å². The highest BCUT2D eigenvalue weighted by molar-refractivity contribution is 7.48. The number of phosphoric ester groups is 1. The van der Waals surface area contributed by atoms with Gasteiger partial charge in [-0.25, -0.2) is 24.6 Å². The Kier molecular flexibility index (Phi) is 15.2. The fraction of sp³-hybridized carbons (Fsp3) is 0.170. The molecule has 1 atom stereocenters. The molecule has 0 saturated heterocycles. The molecule has 0 spiro atoms. The van der Waals surface area contributed by atoms with Crippen LogP contribution >= 0.6 is 7.82 Å². The number of benzene rings is 6. The molecule has 13 heteroatoms. The van der Waals surface area contributed by atoms with Crippen LogP contribution in [-0.2, 0) is 67.3 Å². The van der Waals surface area contributed by atoms with Gasteiger partial charge < -0.3 is 23.5 Å². The van der Waals surface area contributed by atoms with Crippen molar-refractivity contribution < 1.29 is 46.7 Å². The minimum atomic E-state index is -4.33. The fourth-order valence-electron chi connectivity index (χ4n) is 5.85. The lowest BCUT2D eigenvalue weighted by Gasteiger charge is -2.35. The first-order chi connectivity index (χ1) is 29.2. The van der Waals surface area contributed by atoms with Gasteiger partial charge in [-0.1, -0.05) is 158 Å². The molecule has 0 saturated carbocycles. The average Bonchev–Trinajstić information content (AvgIpc) is 3.29. The van der Waals surface area contributed by atoms with Crippen LogP contribution in [0.2, 0.25) is 0 Å². The predicted octanol–water partition coefficient (Wildman–Crippen LogP) is 10.2. The van der Waals surface area contributed by atoms with Gasteiger partial charge in [-0.3, -0.25) is 9.05 Å². The van der Waals surface area contributed by atoms with Gasteiger partial charge in [0.25, 0.3) is 0 Å². The lowest BCUT2D eigenvalue weighted by molar-refractivity contribution is -0.118. The quantitative estimate of drug-likeness (QED) is 0.0477. The van der Waals surface area contributed by atoms with E-state index in [4.69, 9.17) is 27.8 Å². The first kappa shape index (κ1) is 42.9. The second-order valence-electron chi connectivity index (χ2n) is 13.8. The standard InChI is InChI=1S/C47H45N2O10P/c1-47(36-50,49(46(52)56-33-39-21-11-4-12-22-39)48-45(51)55-32-38-19-9-3-10-20-38)30-42-27-28-43(44(29-42)54-31-37-17-7-2-8-18-37)59-60(53,57-34-40-23-13-5-14-24-40)58-35-41-25-15-6-16-26-41/h2-29,36H,30-35H2,1H3,(H,48,51). The van der Waals surface area contributed by atoms with Crippen molar-refractivity contribution in [3.8, 4) is 11.5 Å². The summed E-state index contributed by atoms with van der Waals surface area (Å²) in [5.74, 6) is 0.179. The van der Waals surface area contributed by atoms with Gasteiger partial charge >= 0.3 is 20.0 Å². The van der Waals surface area contributed by atoms with Crippen LogP contribution in [0.25, 0.3) is 0 Å². The molecule has 0 heterocycles. The summed E-state index contributed by atoms with van der Waals surface area (Å²) in [6, 6.07) is 50.5. The van der Waals surface area contributed by atoms with Crippen molar-refractivity contribution in [1.82, 2.24) is 10.4 Å². The molecule has 0 aliphatic carbocycles. The number of hydrazine groups is 1. The number of amides is 2. The van der Waals surface area contributed by atoms with Gasteiger partial charge in [-0.15, -0.1) is 0 Å². The second kappa shape index (κ2) is 21.3. The summed E-state index contributed by atoms with van der Waals surface area (Å²) in [6.45, 7) is 1.21. The summed E-state index contributed by atoms with van der Waals surface area (Å²) in [7, 11) is -4.33. The van der Waals surface area contributed by atoms with Crippen LogP contribution in [-0.4, -0.2) is 29.0 Å². The van der Waals surface area contributed by atoms with Crippen LogP contribution in [0.5, 0.6) is 11.5 Å². The number of hydrogen-bond donors (Lipinski definition) is 1. The maximum absolute atomic E-state index is 14.4. The van der Waals surface area contributed by atoms with Crippen molar-refractivity contribution in [2.45, 2.75) is 51.9 Å². The van der Waals surface area contributed by atoms with Crippen molar-refractivity contribution >= 4 is 26.3 Å². The SMILES string of the molecule is CC(C=O)(Cc1ccc(OP(=O)(OCc2ccccc2)OCc2ccccc2)c(OCc2ccccc2)c1)N(NC(=O)OCc1ccccc1)C(=O)OCc1ccccc1. The molecule has 6 aromatic rings. The minimum absolute atomic E-state index is 0.0358. The fourth-order valence-corrected chi connectivity index (χ4v) is 7.04. The number of carbonyl (C=O) groups is 3. The van der Waals surface area contributed by atoms with Crippen molar-refractivity contribution in [1.29, 1.82) is 0 Å². The molecule has 60 heavy (non-hydrogen) atoms. The Morgan fingerprint density at radius 1 is 0.567 bits per heavy atom. The van der Waals surface area contributed by atoms with E-state index in [0.29, 0.717) is 17.4 Å². The zero-order chi connectivity index (χ0) is 42.0. The molecule has 12 nitrogen and oxygen atoms in total. The number of phosphoric acid groups is 1. The first-order valence-corrected chi connectivity index (χ1v) is 20.6. The molecule has 1 unspecified atom stereocenters. The highest BCUT2D eigenvalue weighted by Gasteiger charge is 2.39. The Morgan fingerprint density at radius 2 is 1.00 bits per heavy atom. The largest absolute Gasteiger partial charge is 0.530 e. The summed E-state index contributed by atoms with van der Waals surface area (Å²) in [5, 5.41) is 0.814. The number of nitrogens with zero attached hydrogens (tertiary/aromatic N) is 1. The summed E-state index contributed by atoms with van der Waals surface area (Å²) < 4.78 is 49.6. The van der Waals surface area contributed by atoms with Crippen molar-refractivity contribution in [3.63, 3.8) is 0 Å². The van der Waals surface area contributed by atoms with Gasteiger partial charge in [0, 0.05) is 6.42 Å². The van der Waals surface area contributed by atoms with E-state index in [2.05, 4.69) is 5.43 Å². The molecule has 0 bridgehead atoms. The number of ether oxygens (including phenoxy) is 3. The van der Waals surface area contributed by atoms with Crippen LogP contribution in [0.4, 0.5) is 9.59 Å². The topological polar surface area (TPSA) is 139 Å². The van der Waals surface area contributed by atoms with E-state index in [1.54, 1.807) is 60.7 Å². The monoisotopic (exact) mass is 828 g/mol. The van der Waals surface area contributed by atoms with Crippen molar-refractivity contribution in [2.24, 2.45) is 0 Å². The van der Waals surface area contributed by atoms with Gasteiger partial charge in [-0.2, -0.15) is 0 Å². The number of rotatable bonds is 19. The van der Waals surface area contributed by atoms with E-state index in [0.717, 1.165) is 27.3 Å². The minimum Gasteiger partial charge on any atom is -0.485 e. The zero-order valence-corrected chi connectivity index (χ0v) is 33.9. The van der Waals surface area contributed by atoms with Gasteiger partial charge in [0.2, 0.25) is 0 Å². The molecular formula is C47H45N2O10P. The third-order valence-electron chi connectivity index (χ3n) is 9.05. The number of nitrogens with one attached hydrogen (secondary N) is 1. The summed E-state index contributed by atoms with van der Waals surface area (Å²) in [4.78, 5) is 40.0. The Hall–Kier alpha value is -6.72. The predicted molar refractivity (Wildman–Crippen MR) is 224 cm³/mol. The van der Waals surface area contributed by atoms with E-state index < -0.39 is 25.5 Å². The normalized spacial score (nSPS) is 12.0. The number of carbonyl (C=O) groups excluding carboxylic acids is 3. The molecule has 6 aromatic carbocycles. The highest BCUT2D eigenvalue weighted by atomic mass is 31.2. The number of aldehydes is 1. The van der Waals surface area contributed by atoms with E-state index in [1.807, 2.05) is 103 Å². The van der Waals surface area contributed by atoms with Gasteiger partial charge in [0.1, 0.15) is 31.6 Å². The first-order valence-electron chi connectivity index (χ1n) is 19.1. The van der Waals surface area contributed by atoms with Crippen molar-refractivity contribution in [2.75, 3.05) is 0 Å². The van der Waals surface area contributed by atoms with Crippen molar-refractivity contribution in [3.05, 3.63) is 203 Å². The molecule has 308 valence electrons. The van der Waals surface area contributed by atoms with Crippen LogP contribution in [0.1, 0.15) is 40.3 Å². The van der Waals surface area contributed by atoms with Crippen LogP contribution < -0.4 is 14.7 Å². The van der Waals surface area contributed by atoms with Crippen LogP contribution in [0, 0.1) is 0 Å². The van der Waals surface area contributed by atoms with Gasteiger partial charge in [-0.05, 0) is 52.4 Å². The van der Waals surface area contributed by atoms with E-state index >= 15 is 0 Å². The third kappa shape index (κ3) is 12.9. The Bertz CT molecular complexity index is 2270. The highest BCUT2D eigenvalue weighted by Crippen LogP contribution is 2.53. The molecule has 6 rings (SSSR count). The van der Waals surface area contributed by atoms with E-state index in [9.17, 15) is 18.9 Å². The zero-order valence-electron chi connectivity index (χ0n) is 33.0. The smallest absolute Gasteiger partial charge is 0.485 e. The van der Waals surface area contributed by atoms with E-state index in [-0.39, 0.29) is 51.0 Å². The Morgan fingerprint density at radius 3 is 1.47 bits per heavy atom. The molecule has 0 fully saturated rings. The molecular weight excluding hydrogens is 783 g/mol. The average molecular weight is 829 g/mol. The molecule has 0 aromatic heterocycles. The Labute approximate surface area is 349 Å². The lowest BCUT2D eigenvalue weighted by Crippen LogP contribution is -2.60. The maximum Gasteiger partial charge on any atom is 0.530 e. The summed E-state index contributed by atoms with van der Waals surface area (Å²) >= 11 is 0. The third-order valence-corrected chi connectivity index (χ3v) is 10.4. The molecule has 1 N–H and O–H groups in total. The maximum atomic E-state index is 14.4. The summed E-state index contributed by atoms with van der Waals surface area (Å²) in [6.07, 6.45) is -1.60.